The first kappa shape index (κ1) is 16.0. The third kappa shape index (κ3) is 5.50. The highest BCUT2D eigenvalue weighted by Gasteiger charge is 2.09. The Morgan fingerprint density at radius 2 is 1.90 bits per heavy atom. The number of hydrogen-bond donors (Lipinski definition) is 2. The summed E-state index contributed by atoms with van der Waals surface area (Å²) in [7, 11) is 0. The molecule has 2 aromatic carbocycles. The number of aliphatic hydroxyl groups is 1. The van der Waals surface area contributed by atoms with E-state index in [4.69, 9.17) is 4.74 Å². The van der Waals surface area contributed by atoms with Gasteiger partial charge in [-0.15, -0.1) is 0 Å². The lowest BCUT2D eigenvalue weighted by atomic mass is 10.1. The minimum Gasteiger partial charge on any atom is -0.389 e. The lowest BCUT2D eigenvalue weighted by Gasteiger charge is -2.17. The van der Waals surface area contributed by atoms with Crippen molar-refractivity contribution in [1.29, 1.82) is 0 Å². The van der Waals surface area contributed by atoms with Crippen LogP contribution in [0.5, 0.6) is 0 Å². The van der Waals surface area contributed by atoms with E-state index in [1.165, 1.54) is 0 Å². The topological polar surface area (TPSA) is 41.5 Å². The predicted molar refractivity (Wildman–Crippen MR) is 89.4 cm³/mol. The van der Waals surface area contributed by atoms with Gasteiger partial charge in [0.15, 0.2) is 0 Å². The summed E-state index contributed by atoms with van der Waals surface area (Å²) in [5.41, 5.74) is 2.09. The molecule has 21 heavy (non-hydrogen) atoms. The summed E-state index contributed by atoms with van der Waals surface area (Å²) in [6.45, 7) is 2.75. The van der Waals surface area contributed by atoms with Gasteiger partial charge in [0.2, 0.25) is 0 Å². The molecule has 2 unspecified atom stereocenters. The van der Waals surface area contributed by atoms with E-state index in [1.807, 2.05) is 61.5 Å². The summed E-state index contributed by atoms with van der Waals surface area (Å²) in [5, 5.41) is 13.2. The number of anilines is 1. The molecule has 2 atom stereocenters. The molecule has 2 N–H and O–H groups in total. The van der Waals surface area contributed by atoms with E-state index in [9.17, 15) is 5.11 Å². The van der Waals surface area contributed by atoms with Crippen LogP contribution in [0.2, 0.25) is 0 Å². The van der Waals surface area contributed by atoms with E-state index in [0.717, 1.165) is 15.7 Å². The van der Waals surface area contributed by atoms with Gasteiger partial charge in [-0.05, 0) is 30.7 Å². The molecule has 0 fully saturated rings. The van der Waals surface area contributed by atoms with Crippen LogP contribution in [0.4, 0.5) is 5.69 Å². The maximum Gasteiger partial charge on any atom is 0.0945 e. The van der Waals surface area contributed by atoms with Gasteiger partial charge in [0, 0.05) is 16.7 Å². The Morgan fingerprint density at radius 3 is 2.62 bits per heavy atom. The van der Waals surface area contributed by atoms with Gasteiger partial charge in [0.25, 0.3) is 0 Å². The van der Waals surface area contributed by atoms with Gasteiger partial charge in [-0.25, -0.2) is 0 Å². The maximum atomic E-state index is 9.98. The second kappa shape index (κ2) is 8.17. The summed E-state index contributed by atoms with van der Waals surface area (Å²) in [6, 6.07) is 17.9. The van der Waals surface area contributed by atoms with Crippen molar-refractivity contribution in [3.63, 3.8) is 0 Å². The second-order valence-electron chi connectivity index (χ2n) is 4.93. The molecular formula is C17H20BrNO2. The molecule has 0 amide bonds. The standard InChI is InChI=1S/C17H20BrNO2/c1-13(14-6-3-2-4-7-14)21-12-17(20)11-19-16-9-5-8-15(18)10-16/h2-10,13,17,19-20H,11-12H2,1H3. The number of halogens is 1. The molecule has 0 saturated heterocycles. The largest absolute Gasteiger partial charge is 0.389 e. The number of rotatable bonds is 7. The van der Waals surface area contributed by atoms with Crippen LogP contribution in [-0.2, 0) is 4.74 Å². The highest BCUT2D eigenvalue weighted by Crippen LogP contribution is 2.17. The lowest BCUT2D eigenvalue weighted by Crippen LogP contribution is -2.25. The number of hydrogen-bond acceptors (Lipinski definition) is 3. The summed E-state index contributed by atoms with van der Waals surface area (Å²) < 4.78 is 6.71. The molecule has 0 heterocycles. The molecule has 0 aliphatic rings. The fourth-order valence-corrected chi connectivity index (χ4v) is 2.37. The zero-order valence-electron chi connectivity index (χ0n) is 12.0. The average Bonchev–Trinajstić information content (AvgIpc) is 2.51. The Hall–Kier alpha value is -1.36. The second-order valence-corrected chi connectivity index (χ2v) is 5.85. The molecule has 0 saturated carbocycles. The van der Waals surface area contributed by atoms with Crippen LogP contribution in [0.1, 0.15) is 18.6 Å². The van der Waals surface area contributed by atoms with Crippen LogP contribution in [0.15, 0.2) is 59.1 Å². The highest BCUT2D eigenvalue weighted by atomic mass is 79.9. The molecule has 112 valence electrons. The first-order valence-corrected chi connectivity index (χ1v) is 7.78. The molecule has 0 spiro atoms. The molecule has 3 nitrogen and oxygen atoms in total. The van der Waals surface area contributed by atoms with E-state index >= 15 is 0 Å². The minimum atomic E-state index is -0.546. The van der Waals surface area contributed by atoms with Gasteiger partial charge in [-0.3, -0.25) is 0 Å². The molecular weight excluding hydrogens is 330 g/mol. The van der Waals surface area contributed by atoms with Crippen molar-refractivity contribution < 1.29 is 9.84 Å². The van der Waals surface area contributed by atoms with Gasteiger partial charge in [0.1, 0.15) is 0 Å². The predicted octanol–water partition coefficient (Wildman–Crippen LogP) is 4.00. The van der Waals surface area contributed by atoms with Crippen molar-refractivity contribution in [1.82, 2.24) is 0 Å². The molecule has 2 rings (SSSR count). The molecule has 4 heteroatoms. The van der Waals surface area contributed by atoms with Crippen molar-refractivity contribution in [3.8, 4) is 0 Å². The third-order valence-corrected chi connectivity index (χ3v) is 3.67. The van der Waals surface area contributed by atoms with E-state index in [2.05, 4.69) is 21.2 Å². The lowest BCUT2D eigenvalue weighted by molar-refractivity contribution is 0.00243. The van der Waals surface area contributed by atoms with Gasteiger partial charge < -0.3 is 15.2 Å². The average molecular weight is 350 g/mol. The Labute approximate surface area is 134 Å². The van der Waals surface area contributed by atoms with Crippen molar-refractivity contribution >= 4 is 21.6 Å². The maximum absolute atomic E-state index is 9.98. The van der Waals surface area contributed by atoms with Crippen LogP contribution in [0, 0.1) is 0 Å². The van der Waals surface area contributed by atoms with Crippen LogP contribution in [0.25, 0.3) is 0 Å². The van der Waals surface area contributed by atoms with Crippen LogP contribution in [0.3, 0.4) is 0 Å². The normalized spacial score (nSPS) is 13.7. The van der Waals surface area contributed by atoms with Gasteiger partial charge in [0.05, 0.1) is 18.8 Å². The number of benzene rings is 2. The van der Waals surface area contributed by atoms with Crippen molar-refractivity contribution in [2.24, 2.45) is 0 Å². The van der Waals surface area contributed by atoms with Gasteiger partial charge in [-0.2, -0.15) is 0 Å². The first-order chi connectivity index (χ1) is 10.1. The smallest absolute Gasteiger partial charge is 0.0945 e. The fourth-order valence-electron chi connectivity index (χ4n) is 1.97. The van der Waals surface area contributed by atoms with E-state index in [-0.39, 0.29) is 6.10 Å². The Balaban J connectivity index is 1.73. The van der Waals surface area contributed by atoms with Crippen molar-refractivity contribution in [2.75, 3.05) is 18.5 Å². The SMILES string of the molecule is CC(OCC(O)CNc1cccc(Br)c1)c1ccccc1. The minimum absolute atomic E-state index is 0.0216. The zero-order valence-corrected chi connectivity index (χ0v) is 13.6. The molecule has 2 aromatic rings. The third-order valence-electron chi connectivity index (χ3n) is 3.17. The van der Waals surface area contributed by atoms with Gasteiger partial charge >= 0.3 is 0 Å². The van der Waals surface area contributed by atoms with Crippen LogP contribution in [-0.4, -0.2) is 24.4 Å². The van der Waals surface area contributed by atoms with Crippen molar-refractivity contribution in [2.45, 2.75) is 19.1 Å². The monoisotopic (exact) mass is 349 g/mol. The molecule has 0 bridgehead atoms. The van der Waals surface area contributed by atoms with Crippen LogP contribution >= 0.6 is 15.9 Å². The van der Waals surface area contributed by atoms with E-state index in [1.54, 1.807) is 0 Å². The summed E-state index contributed by atoms with van der Waals surface area (Å²) in [5.74, 6) is 0. The Kier molecular flexibility index (Phi) is 6.23. The molecule has 0 radical (unpaired) electrons. The fraction of sp³-hybridized carbons (Fsp3) is 0.294. The molecule has 0 aromatic heterocycles. The van der Waals surface area contributed by atoms with Gasteiger partial charge in [-0.1, -0.05) is 52.3 Å². The summed E-state index contributed by atoms with van der Waals surface area (Å²) in [6.07, 6.45) is -0.568. The zero-order chi connectivity index (χ0) is 15.1. The van der Waals surface area contributed by atoms with E-state index < -0.39 is 6.10 Å². The quantitative estimate of drug-likeness (QED) is 0.793. The number of ether oxygens (including phenoxy) is 1. The Morgan fingerprint density at radius 1 is 1.14 bits per heavy atom. The number of nitrogens with one attached hydrogen (secondary N) is 1. The van der Waals surface area contributed by atoms with Crippen LogP contribution < -0.4 is 5.32 Å². The van der Waals surface area contributed by atoms with E-state index in [0.29, 0.717) is 13.2 Å². The number of aliphatic hydroxyl groups excluding tert-OH is 1. The summed E-state index contributed by atoms with van der Waals surface area (Å²) >= 11 is 3.42. The Bertz CT molecular complexity index is 547. The molecule has 0 aliphatic heterocycles. The highest BCUT2D eigenvalue weighted by molar-refractivity contribution is 9.10. The first-order valence-electron chi connectivity index (χ1n) is 6.99. The molecule has 0 aliphatic carbocycles. The van der Waals surface area contributed by atoms with Crippen molar-refractivity contribution in [3.05, 3.63) is 64.6 Å². The summed E-state index contributed by atoms with van der Waals surface area (Å²) in [4.78, 5) is 0.